The molecule has 0 aromatic carbocycles. The first-order valence-electron chi connectivity index (χ1n) is 9.88. The van der Waals surface area contributed by atoms with E-state index in [0.29, 0.717) is 12.5 Å². The summed E-state index contributed by atoms with van der Waals surface area (Å²) in [5, 5.41) is 9.60. The number of allylic oxidation sites excluding steroid dienone is 3. The van der Waals surface area contributed by atoms with E-state index in [9.17, 15) is 14.7 Å². The summed E-state index contributed by atoms with van der Waals surface area (Å²) in [6, 6.07) is 0. The Morgan fingerprint density at radius 1 is 1.04 bits per heavy atom. The first-order valence-corrected chi connectivity index (χ1v) is 9.88. The van der Waals surface area contributed by atoms with Gasteiger partial charge in [-0.05, 0) is 63.0 Å². The van der Waals surface area contributed by atoms with Crippen molar-refractivity contribution in [1.29, 1.82) is 0 Å². The Balaban J connectivity index is 2.13. The summed E-state index contributed by atoms with van der Waals surface area (Å²) < 4.78 is 0. The van der Waals surface area contributed by atoms with Crippen molar-refractivity contribution in [2.45, 2.75) is 77.6 Å². The molecule has 0 aromatic rings. The Labute approximate surface area is 152 Å². The van der Waals surface area contributed by atoms with E-state index in [1.165, 1.54) is 37.7 Å². The van der Waals surface area contributed by atoms with Crippen LogP contribution in [0.2, 0.25) is 0 Å². The average Bonchev–Trinajstić information content (AvgIpc) is 2.58. The maximum Gasteiger partial charge on any atom is 0.341 e. The molecule has 2 aliphatic carbocycles. The highest BCUT2D eigenvalue weighted by Gasteiger charge is 2.25. The largest absolute Gasteiger partial charge is 0.477 e. The molecule has 0 atom stereocenters. The van der Waals surface area contributed by atoms with Gasteiger partial charge in [-0.1, -0.05) is 37.7 Å². The molecule has 0 unspecified atom stereocenters. The lowest BCUT2D eigenvalue weighted by atomic mass is 9.89. The van der Waals surface area contributed by atoms with Crippen LogP contribution < -0.4 is 0 Å². The number of nitrogens with zero attached hydrogens (tertiary/aromatic N) is 1. The van der Waals surface area contributed by atoms with Gasteiger partial charge in [-0.3, -0.25) is 4.79 Å². The van der Waals surface area contributed by atoms with E-state index in [2.05, 4.69) is 6.92 Å². The zero-order chi connectivity index (χ0) is 18.2. The fourth-order valence-electron chi connectivity index (χ4n) is 4.06. The number of hydrogen-bond donors (Lipinski definition) is 1. The smallest absolute Gasteiger partial charge is 0.341 e. The number of likely N-dealkylation sites (N-methyl/N-ethyl adjacent to an activating group) is 1. The van der Waals surface area contributed by atoms with E-state index in [-0.39, 0.29) is 11.5 Å². The van der Waals surface area contributed by atoms with Gasteiger partial charge in [0.1, 0.15) is 5.57 Å². The molecule has 0 radical (unpaired) electrons. The van der Waals surface area contributed by atoms with E-state index in [4.69, 9.17) is 0 Å². The molecule has 1 saturated carbocycles. The predicted octanol–water partition coefficient (Wildman–Crippen LogP) is 4.71. The monoisotopic (exact) mass is 347 g/mol. The van der Waals surface area contributed by atoms with Gasteiger partial charge in [0.15, 0.2) is 0 Å². The van der Waals surface area contributed by atoms with E-state index in [1.807, 2.05) is 0 Å². The van der Waals surface area contributed by atoms with Crippen LogP contribution in [0, 0.1) is 5.92 Å². The van der Waals surface area contributed by atoms with Crippen molar-refractivity contribution in [3.05, 3.63) is 22.8 Å². The third kappa shape index (κ3) is 6.02. The maximum atomic E-state index is 12.7. The summed E-state index contributed by atoms with van der Waals surface area (Å²) in [4.78, 5) is 26.1. The van der Waals surface area contributed by atoms with Gasteiger partial charge in [0.2, 0.25) is 0 Å². The standard InChI is InChI=1S/C21H33NO3/c1-16-10-6-3-4-9-13-18(16)14-19(21(24)25)20(23)22(2)15-17-11-7-5-8-12-17/h14,17H,3-13,15H2,1-2H3,(H,24,25)/b18-16+,19-14+. The molecule has 0 aromatic heterocycles. The highest BCUT2D eigenvalue weighted by Crippen LogP contribution is 2.26. The van der Waals surface area contributed by atoms with Gasteiger partial charge in [-0.2, -0.15) is 0 Å². The van der Waals surface area contributed by atoms with Crippen molar-refractivity contribution in [3.8, 4) is 0 Å². The number of aliphatic carboxylic acids is 1. The van der Waals surface area contributed by atoms with E-state index in [0.717, 1.165) is 44.1 Å². The van der Waals surface area contributed by atoms with Gasteiger partial charge < -0.3 is 10.0 Å². The molecule has 4 heteroatoms. The summed E-state index contributed by atoms with van der Waals surface area (Å²) in [5.41, 5.74) is 2.21. The molecular formula is C21H33NO3. The highest BCUT2D eigenvalue weighted by atomic mass is 16.4. The van der Waals surface area contributed by atoms with Gasteiger partial charge in [-0.25, -0.2) is 4.79 Å². The Morgan fingerprint density at radius 2 is 1.64 bits per heavy atom. The number of amides is 1. The summed E-state index contributed by atoms with van der Waals surface area (Å²) in [7, 11) is 1.74. The van der Waals surface area contributed by atoms with Crippen LogP contribution in [0.4, 0.5) is 0 Å². The van der Waals surface area contributed by atoms with Crippen molar-refractivity contribution < 1.29 is 14.7 Å². The molecule has 0 saturated heterocycles. The zero-order valence-corrected chi connectivity index (χ0v) is 15.9. The van der Waals surface area contributed by atoms with Gasteiger partial charge in [0.05, 0.1) is 0 Å². The molecule has 1 amide bonds. The number of carbonyl (C=O) groups excluding carboxylic acids is 1. The Bertz CT molecular complexity index is 541. The first kappa shape index (κ1) is 19.7. The predicted molar refractivity (Wildman–Crippen MR) is 100 cm³/mol. The molecule has 0 spiro atoms. The summed E-state index contributed by atoms with van der Waals surface area (Å²) in [5.74, 6) is -0.941. The molecule has 1 N–H and O–H groups in total. The van der Waals surface area contributed by atoms with Crippen LogP contribution in [0.1, 0.15) is 77.6 Å². The lowest BCUT2D eigenvalue weighted by molar-refractivity contribution is -0.137. The minimum Gasteiger partial charge on any atom is -0.477 e. The maximum absolute atomic E-state index is 12.7. The van der Waals surface area contributed by atoms with Gasteiger partial charge >= 0.3 is 5.97 Å². The molecule has 0 bridgehead atoms. The topological polar surface area (TPSA) is 57.6 Å². The number of carboxylic acid groups (broad SMARTS) is 1. The Hall–Kier alpha value is -1.58. The fourth-order valence-corrected chi connectivity index (χ4v) is 4.06. The Kier molecular flexibility index (Phi) is 7.73. The molecule has 2 rings (SSSR count). The first-order chi connectivity index (χ1) is 12.0. The van der Waals surface area contributed by atoms with E-state index < -0.39 is 5.97 Å². The second-order valence-electron chi connectivity index (χ2n) is 7.77. The van der Waals surface area contributed by atoms with Crippen molar-refractivity contribution in [3.63, 3.8) is 0 Å². The van der Waals surface area contributed by atoms with Gasteiger partial charge in [-0.15, -0.1) is 0 Å². The molecular weight excluding hydrogens is 314 g/mol. The van der Waals surface area contributed by atoms with Gasteiger partial charge in [0.25, 0.3) is 5.91 Å². The number of hydrogen-bond acceptors (Lipinski definition) is 2. The molecule has 1 fully saturated rings. The molecule has 0 heterocycles. The van der Waals surface area contributed by atoms with Crippen LogP contribution in [0.3, 0.4) is 0 Å². The van der Waals surface area contributed by atoms with Crippen molar-refractivity contribution >= 4 is 11.9 Å². The summed E-state index contributed by atoms with van der Waals surface area (Å²) in [6.07, 6.45) is 14.2. The lowest BCUT2D eigenvalue weighted by Crippen LogP contribution is -2.35. The number of carboxylic acids is 1. The third-order valence-electron chi connectivity index (χ3n) is 5.68. The molecule has 25 heavy (non-hydrogen) atoms. The Morgan fingerprint density at radius 3 is 2.28 bits per heavy atom. The summed E-state index contributed by atoms with van der Waals surface area (Å²) >= 11 is 0. The summed E-state index contributed by atoms with van der Waals surface area (Å²) in [6.45, 7) is 2.74. The number of rotatable bonds is 5. The van der Waals surface area contributed by atoms with Crippen LogP contribution in [0.25, 0.3) is 0 Å². The fraction of sp³-hybridized carbons (Fsp3) is 0.714. The van der Waals surface area contributed by atoms with E-state index >= 15 is 0 Å². The molecule has 4 nitrogen and oxygen atoms in total. The number of carbonyl (C=O) groups is 2. The zero-order valence-electron chi connectivity index (χ0n) is 15.9. The minimum absolute atomic E-state index is 0.0757. The van der Waals surface area contributed by atoms with Crippen LogP contribution in [0.5, 0.6) is 0 Å². The molecule has 0 aliphatic heterocycles. The van der Waals surface area contributed by atoms with Gasteiger partial charge in [0, 0.05) is 13.6 Å². The normalized spacial score (nSPS) is 23.7. The quantitative estimate of drug-likeness (QED) is 0.445. The van der Waals surface area contributed by atoms with Crippen LogP contribution in [-0.2, 0) is 9.59 Å². The third-order valence-corrected chi connectivity index (χ3v) is 5.68. The van der Waals surface area contributed by atoms with Crippen molar-refractivity contribution in [2.24, 2.45) is 5.92 Å². The van der Waals surface area contributed by atoms with Crippen molar-refractivity contribution in [1.82, 2.24) is 4.90 Å². The van der Waals surface area contributed by atoms with Crippen molar-refractivity contribution in [2.75, 3.05) is 13.6 Å². The lowest BCUT2D eigenvalue weighted by Gasteiger charge is -2.27. The SMILES string of the molecule is C/C1=C(\C=C(\C(=O)O)C(=O)N(C)CC2CCCCC2)CCCCCC1. The average molecular weight is 347 g/mol. The molecule has 140 valence electrons. The van der Waals surface area contributed by atoms with Crippen LogP contribution in [-0.4, -0.2) is 35.5 Å². The molecule has 2 aliphatic rings. The highest BCUT2D eigenvalue weighted by molar-refractivity contribution is 6.15. The van der Waals surface area contributed by atoms with Crippen LogP contribution in [0.15, 0.2) is 22.8 Å². The van der Waals surface area contributed by atoms with E-state index in [1.54, 1.807) is 18.0 Å². The second kappa shape index (κ2) is 9.79. The second-order valence-corrected chi connectivity index (χ2v) is 7.77. The van der Waals surface area contributed by atoms with Crippen LogP contribution >= 0.6 is 0 Å². The minimum atomic E-state index is -1.11.